The molecule has 0 saturated carbocycles. The van der Waals surface area contributed by atoms with Crippen molar-refractivity contribution in [1.29, 1.82) is 0 Å². The molecule has 0 aliphatic carbocycles. The minimum absolute atomic E-state index is 0.338. The summed E-state index contributed by atoms with van der Waals surface area (Å²) in [5, 5.41) is 0. The minimum Gasteiger partial charge on any atom is -0.371 e. The summed E-state index contributed by atoms with van der Waals surface area (Å²) in [6, 6.07) is 17.5. The summed E-state index contributed by atoms with van der Waals surface area (Å²) in [4.78, 5) is 2.66. The van der Waals surface area contributed by atoms with E-state index in [2.05, 4.69) is 35.6 Å². The molecule has 1 aliphatic heterocycles. The second-order valence-electron chi connectivity index (χ2n) is 7.01. The summed E-state index contributed by atoms with van der Waals surface area (Å²) >= 11 is 0. The van der Waals surface area contributed by atoms with E-state index in [1.54, 1.807) is 12.1 Å². The highest BCUT2D eigenvalue weighted by Gasteiger charge is 2.24. The van der Waals surface area contributed by atoms with Crippen LogP contribution in [-0.2, 0) is 10.0 Å². The van der Waals surface area contributed by atoms with Gasteiger partial charge in [0.25, 0.3) is 0 Å². The van der Waals surface area contributed by atoms with Crippen LogP contribution in [0.5, 0.6) is 0 Å². The molecular weight excluding hydrogens is 332 g/mol. The molecule has 25 heavy (non-hydrogen) atoms. The Bertz CT molecular complexity index is 786. The molecule has 4 nitrogen and oxygen atoms in total. The van der Waals surface area contributed by atoms with Gasteiger partial charge in [-0.05, 0) is 48.1 Å². The van der Waals surface area contributed by atoms with Crippen molar-refractivity contribution in [2.24, 2.45) is 5.92 Å². The van der Waals surface area contributed by atoms with Crippen molar-refractivity contribution >= 4 is 15.7 Å². The molecule has 0 aromatic heterocycles. The number of nitrogens with one attached hydrogen (secondary N) is 1. The van der Waals surface area contributed by atoms with Gasteiger partial charge in [0.15, 0.2) is 0 Å². The molecular formula is C20H26N2O2S. The summed E-state index contributed by atoms with van der Waals surface area (Å²) in [7, 11) is -3.44. The molecule has 1 N–H and O–H groups in total. The topological polar surface area (TPSA) is 49.4 Å². The van der Waals surface area contributed by atoms with Crippen LogP contribution in [0.3, 0.4) is 0 Å². The van der Waals surface area contributed by atoms with E-state index in [4.69, 9.17) is 0 Å². The predicted molar refractivity (Wildman–Crippen MR) is 102 cm³/mol. The van der Waals surface area contributed by atoms with Crippen LogP contribution in [0.4, 0.5) is 5.69 Å². The van der Waals surface area contributed by atoms with Crippen LogP contribution in [-0.4, -0.2) is 28.1 Å². The Morgan fingerprint density at radius 3 is 2.40 bits per heavy atom. The summed E-state index contributed by atoms with van der Waals surface area (Å²) in [5.41, 5.74) is 2.35. The number of anilines is 1. The Morgan fingerprint density at radius 2 is 1.76 bits per heavy atom. The normalized spacial score (nSPS) is 18.0. The molecule has 2 aromatic rings. The van der Waals surface area contributed by atoms with Crippen molar-refractivity contribution in [1.82, 2.24) is 4.72 Å². The maximum atomic E-state index is 12.5. The summed E-state index contributed by atoms with van der Waals surface area (Å²) in [6.07, 6.45) is 1.00. The Kier molecular flexibility index (Phi) is 5.45. The lowest BCUT2D eigenvalue weighted by molar-refractivity contribution is 0.541. The highest BCUT2D eigenvalue weighted by molar-refractivity contribution is 7.89. The lowest BCUT2D eigenvalue weighted by Crippen LogP contribution is -2.31. The first-order valence-electron chi connectivity index (χ1n) is 8.85. The average molecular weight is 359 g/mol. The van der Waals surface area contributed by atoms with Gasteiger partial charge in [-0.25, -0.2) is 13.1 Å². The average Bonchev–Trinajstić information content (AvgIpc) is 3.10. The molecule has 0 amide bonds. The summed E-state index contributed by atoms with van der Waals surface area (Å²) in [5.74, 6) is 0.733. The lowest BCUT2D eigenvalue weighted by atomic mass is 10.0. The molecule has 134 valence electrons. The lowest BCUT2D eigenvalue weighted by Gasteiger charge is -2.18. The second-order valence-corrected chi connectivity index (χ2v) is 8.78. The first kappa shape index (κ1) is 18.0. The molecule has 1 heterocycles. The van der Waals surface area contributed by atoms with Gasteiger partial charge >= 0.3 is 0 Å². The molecule has 1 saturated heterocycles. The van der Waals surface area contributed by atoms with Gasteiger partial charge in [0, 0.05) is 25.3 Å². The molecule has 1 fully saturated rings. The zero-order chi connectivity index (χ0) is 17.9. The molecule has 5 heteroatoms. The van der Waals surface area contributed by atoms with Crippen LogP contribution in [0.15, 0.2) is 59.5 Å². The van der Waals surface area contributed by atoms with Crippen molar-refractivity contribution in [3.63, 3.8) is 0 Å². The first-order chi connectivity index (χ1) is 12.0. The summed E-state index contributed by atoms with van der Waals surface area (Å²) < 4.78 is 27.8. The van der Waals surface area contributed by atoms with Crippen LogP contribution in [0.1, 0.15) is 31.7 Å². The minimum atomic E-state index is -3.44. The van der Waals surface area contributed by atoms with Gasteiger partial charge in [0.05, 0.1) is 4.90 Å². The molecule has 1 atom stereocenters. The number of para-hydroxylation sites is 1. The largest absolute Gasteiger partial charge is 0.371 e. The smallest absolute Gasteiger partial charge is 0.240 e. The Balaban J connectivity index is 1.57. The van der Waals surface area contributed by atoms with Gasteiger partial charge in [-0.2, -0.15) is 0 Å². The van der Waals surface area contributed by atoms with E-state index < -0.39 is 10.0 Å². The van der Waals surface area contributed by atoms with Crippen molar-refractivity contribution in [3.05, 3.63) is 60.2 Å². The van der Waals surface area contributed by atoms with Crippen molar-refractivity contribution in [2.45, 2.75) is 31.1 Å². The molecule has 0 bridgehead atoms. The molecule has 2 aromatic carbocycles. The standard InChI is InChI=1S/C20H26N2O2S/c1-16(2)18-8-10-20(11-9-18)25(23,24)21-14-17-12-13-22(15-17)19-6-4-3-5-7-19/h3-11,16-17,21H,12-15H2,1-2H3. The maximum Gasteiger partial charge on any atom is 0.240 e. The van der Waals surface area contributed by atoms with Gasteiger partial charge in [0.2, 0.25) is 10.0 Å². The fourth-order valence-electron chi connectivity index (χ4n) is 3.22. The van der Waals surface area contributed by atoms with Crippen LogP contribution in [0.25, 0.3) is 0 Å². The van der Waals surface area contributed by atoms with Crippen molar-refractivity contribution < 1.29 is 8.42 Å². The first-order valence-corrected chi connectivity index (χ1v) is 10.3. The van der Waals surface area contributed by atoms with Crippen molar-refractivity contribution in [3.8, 4) is 0 Å². The number of benzene rings is 2. The number of hydrogen-bond acceptors (Lipinski definition) is 3. The SMILES string of the molecule is CC(C)c1ccc(S(=O)(=O)NCC2CCN(c3ccccc3)C2)cc1. The van der Waals surface area contributed by atoms with Gasteiger partial charge in [-0.15, -0.1) is 0 Å². The van der Waals surface area contributed by atoms with E-state index >= 15 is 0 Å². The summed E-state index contributed by atoms with van der Waals surface area (Å²) in [6.45, 7) is 6.54. The monoisotopic (exact) mass is 358 g/mol. The fraction of sp³-hybridized carbons (Fsp3) is 0.400. The van der Waals surface area contributed by atoms with Crippen LogP contribution in [0, 0.1) is 5.92 Å². The highest BCUT2D eigenvalue weighted by atomic mass is 32.2. The van der Waals surface area contributed by atoms with E-state index in [0.29, 0.717) is 23.3 Å². The zero-order valence-corrected chi connectivity index (χ0v) is 15.7. The third-order valence-corrected chi connectivity index (χ3v) is 6.27. The highest BCUT2D eigenvalue weighted by Crippen LogP contribution is 2.23. The number of rotatable bonds is 6. The van der Waals surface area contributed by atoms with Gasteiger partial charge in [-0.1, -0.05) is 44.2 Å². The van der Waals surface area contributed by atoms with E-state index in [0.717, 1.165) is 25.1 Å². The molecule has 3 rings (SSSR count). The number of sulfonamides is 1. The maximum absolute atomic E-state index is 12.5. The van der Waals surface area contributed by atoms with Crippen LogP contribution < -0.4 is 9.62 Å². The van der Waals surface area contributed by atoms with E-state index in [9.17, 15) is 8.42 Å². The predicted octanol–water partition coefficient (Wildman–Crippen LogP) is 3.61. The molecule has 1 unspecified atom stereocenters. The van der Waals surface area contributed by atoms with Gasteiger partial charge in [-0.3, -0.25) is 0 Å². The third kappa shape index (κ3) is 4.41. The van der Waals surface area contributed by atoms with Crippen LogP contribution in [0.2, 0.25) is 0 Å². The quantitative estimate of drug-likeness (QED) is 0.858. The number of hydrogen-bond donors (Lipinski definition) is 1. The zero-order valence-electron chi connectivity index (χ0n) is 14.9. The fourth-order valence-corrected chi connectivity index (χ4v) is 4.33. The molecule has 0 spiro atoms. The van der Waals surface area contributed by atoms with Crippen LogP contribution >= 0.6 is 0 Å². The number of nitrogens with zero attached hydrogens (tertiary/aromatic N) is 1. The van der Waals surface area contributed by atoms with E-state index in [1.165, 1.54) is 5.69 Å². The Labute approximate surface area is 150 Å². The Hall–Kier alpha value is -1.85. The second kappa shape index (κ2) is 7.58. The van der Waals surface area contributed by atoms with Gasteiger partial charge < -0.3 is 4.90 Å². The van der Waals surface area contributed by atoms with E-state index in [1.807, 2.05) is 30.3 Å². The van der Waals surface area contributed by atoms with Crippen molar-refractivity contribution in [2.75, 3.05) is 24.5 Å². The Morgan fingerprint density at radius 1 is 1.08 bits per heavy atom. The van der Waals surface area contributed by atoms with Gasteiger partial charge in [0.1, 0.15) is 0 Å². The molecule has 0 radical (unpaired) electrons. The van der Waals surface area contributed by atoms with E-state index in [-0.39, 0.29) is 0 Å². The third-order valence-electron chi connectivity index (χ3n) is 4.83. The molecule has 1 aliphatic rings.